The van der Waals surface area contributed by atoms with Gasteiger partial charge in [0, 0.05) is 46.2 Å². The quantitative estimate of drug-likeness (QED) is 0.630. The average molecular weight is 395 g/mol. The maximum atomic E-state index is 12.7. The summed E-state index contributed by atoms with van der Waals surface area (Å²) >= 11 is 0. The van der Waals surface area contributed by atoms with Gasteiger partial charge in [0.1, 0.15) is 5.75 Å². The molecule has 0 amide bonds. The summed E-state index contributed by atoms with van der Waals surface area (Å²) in [5.74, 6) is 2.10. The SMILES string of the molecule is COc1ccc2[nH]cc(CS(=O)CCC3CC(c4ccccc4)=CCN3)c2c1. The molecule has 146 valence electrons. The highest BCUT2D eigenvalue weighted by Crippen LogP contribution is 2.26. The Morgan fingerprint density at radius 1 is 1.18 bits per heavy atom. The minimum atomic E-state index is -0.892. The lowest BCUT2D eigenvalue weighted by molar-refractivity contribution is 0.415. The molecule has 0 bridgehead atoms. The molecule has 4 rings (SSSR count). The average Bonchev–Trinajstić information content (AvgIpc) is 3.15. The van der Waals surface area contributed by atoms with Crippen LogP contribution in [-0.4, -0.2) is 34.6 Å². The van der Waals surface area contributed by atoms with Gasteiger partial charge in [-0.25, -0.2) is 0 Å². The Morgan fingerprint density at radius 3 is 2.86 bits per heavy atom. The summed E-state index contributed by atoms with van der Waals surface area (Å²) in [6.07, 6.45) is 6.15. The van der Waals surface area contributed by atoms with Crippen molar-refractivity contribution in [2.75, 3.05) is 19.4 Å². The van der Waals surface area contributed by atoms with Crippen LogP contribution < -0.4 is 10.1 Å². The molecule has 2 aromatic carbocycles. The Balaban J connectivity index is 1.34. The van der Waals surface area contributed by atoms with E-state index in [1.807, 2.05) is 30.5 Å². The number of benzene rings is 2. The van der Waals surface area contributed by atoms with E-state index < -0.39 is 10.8 Å². The first-order chi connectivity index (χ1) is 13.7. The topological polar surface area (TPSA) is 54.1 Å². The zero-order valence-electron chi connectivity index (χ0n) is 16.1. The molecule has 28 heavy (non-hydrogen) atoms. The number of hydrogen-bond donors (Lipinski definition) is 2. The molecule has 5 heteroatoms. The van der Waals surface area contributed by atoms with Crippen molar-refractivity contribution >= 4 is 27.3 Å². The third-order valence-electron chi connectivity index (χ3n) is 5.35. The molecular formula is C23H26N2O2S. The van der Waals surface area contributed by atoms with E-state index in [4.69, 9.17) is 4.74 Å². The van der Waals surface area contributed by atoms with E-state index in [0.717, 1.165) is 41.6 Å². The highest BCUT2D eigenvalue weighted by Gasteiger charge is 2.17. The van der Waals surface area contributed by atoms with Crippen LogP contribution in [-0.2, 0) is 16.6 Å². The summed E-state index contributed by atoms with van der Waals surface area (Å²) in [7, 11) is 0.776. The van der Waals surface area contributed by atoms with Crippen molar-refractivity contribution in [3.8, 4) is 5.75 Å². The molecule has 0 saturated carbocycles. The molecule has 3 aromatic rings. The largest absolute Gasteiger partial charge is 0.497 e. The zero-order valence-corrected chi connectivity index (χ0v) is 16.9. The number of ether oxygens (including phenoxy) is 1. The fourth-order valence-corrected chi connectivity index (χ4v) is 5.06. The lowest BCUT2D eigenvalue weighted by atomic mass is 9.94. The van der Waals surface area contributed by atoms with E-state index >= 15 is 0 Å². The van der Waals surface area contributed by atoms with E-state index in [1.165, 1.54) is 11.1 Å². The van der Waals surface area contributed by atoms with E-state index in [2.05, 4.69) is 40.6 Å². The van der Waals surface area contributed by atoms with Crippen LogP contribution in [0.3, 0.4) is 0 Å². The van der Waals surface area contributed by atoms with Crippen LogP contribution in [0.25, 0.3) is 16.5 Å². The number of fused-ring (bicyclic) bond motifs is 1. The van der Waals surface area contributed by atoms with E-state index in [1.54, 1.807) is 7.11 Å². The molecule has 2 atom stereocenters. The molecule has 0 fully saturated rings. The van der Waals surface area contributed by atoms with Gasteiger partial charge < -0.3 is 15.0 Å². The Morgan fingerprint density at radius 2 is 2.04 bits per heavy atom. The fourth-order valence-electron chi connectivity index (χ4n) is 3.79. The number of hydrogen-bond acceptors (Lipinski definition) is 3. The highest BCUT2D eigenvalue weighted by atomic mass is 32.2. The van der Waals surface area contributed by atoms with Crippen LogP contribution in [0.1, 0.15) is 24.0 Å². The molecule has 4 nitrogen and oxygen atoms in total. The number of aromatic amines is 1. The first kappa shape index (κ1) is 19.0. The Bertz CT molecular complexity index is 994. The fraction of sp³-hybridized carbons (Fsp3) is 0.304. The van der Waals surface area contributed by atoms with Crippen molar-refractivity contribution in [1.29, 1.82) is 0 Å². The van der Waals surface area contributed by atoms with Crippen LogP contribution in [0.15, 0.2) is 60.8 Å². The zero-order chi connectivity index (χ0) is 19.3. The second-order valence-corrected chi connectivity index (χ2v) is 8.78. The van der Waals surface area contributed by atoms with Gasteiger partial charge in [-0.15, -0.1) is 0 Å². The summed E-state index contributed by atoms with van der Waals surface area (Å²) in [6.45, 7) is 0.879. The summed E-state index contributed by atoms with van der Waals surface area (Å²) in [6, 6.07) is 16.9. The molecule has 0 radical (unpaired) electrons. The summed E-state index contributed by atoms with van der Waals surface area (Å²) in [4.78, 5) is 3.26. The Labute approximate surface area is 168 Å². The summed E-state index contributed by atoms with van der Waals surface area (Å²) in [5, 5.41) is 4.64. The van der Waals surface area contributed by atoms with Gasteiger partial charge in [-0.2, -0.15) is 0 Å². The Hall–Kier alpha value is -2.37. The molecule has 0 aliphatic carbocycles. The molecular weight excluding hydrogens is 368 g/mol. The summed E-state index contributed by atoms with van der Waals surface area (Å²) in [5.41, 5.74) is 4.83. The second kappa shape index (κ2) is 8.76. The van der Waals surface area contributed by atoms with Gasteiger partial charge in [0.2, 0.25) is 0 Å². The van der Waals surface area contributed by atoms with Gasteiger partial charge in [0.15, 0.2) is 0 Å². The van der Waals surface area contributed by atoms with Crippen LogP contribution in [0, 0.1) is 0 Å². The number of aromatic nitrogens is 1. The van der Waals surface area contributed by atoms with Crippen molar-refractivity contribution in [2.24, 2.45) is 0 Å². The van der Waals surface area contributed by atoms with Crippen molar-refractivity contribution in [3.63, 3.8) is 0 Å². The van der Waals surface area contributed by atoms with Crippen LogP contribution in [0.2, 0.25) is 0 Å². The molecule has 2 unspecified atom stereocenters. The van der Waals surface area contributed by atoms with Crippen molar-refractivity contribution in [3.05, 3.63) is 71.9 Å². The normalized spacial score (nSPS) is 18.0. The molecule has 0 saturated heterocycles. The predicted molar refractivity (Wildman–Crippen MR) is 117 cm³/mol. The second-order valence-electron chi connectivity index (χ2n) is 7.21. The maximum absolute atomic E-state index is 12.7. The summed E-state index contributed by atoms with van der Waals surface area (Å²) < 4.78 is 18.0. The van der Waals surface area contributed by atoms with Gasteiger partial charge in [-0.05, 0) is 47.7 Å². The number of nitrogens with one attached hydrogen (secondary N) is 2. The highest BCUT2D eigenvalue weighted by molar-refractivity contribution is 7.84. The number of methoxy groups -OCH3 is 1. The van der Waals surface area contributed by atoms with E-state index in [0.29, 0.717) is 17.5 Å². The van der Waals surface area contributed by atoms with Gasteiger partial charge in [-0.1, -0.05) is 36.4 Å². The monoisotopic (exact) mass is 394 g/mol. The first-order valence-corrected chi connectivity index (χ1v) is 11.2. The van der Waals surface area contributed by atoms with Crippen LogP contribution in [0.4, 0.5) is 0 Å². The molecule has 2 N–H and O–H groups in total. The lowest BCUT2D eigenvalue weighted by Gasteiger charge is -2.24. The number of rotatable bonds is 7. The van der Waals surface area contributed by atoms with E-state index in [-0.39, 0.29) is 0 Å². The Kier molecular flexibility index (Phi) is 5.93. The molecule has 1 aromatic heterocycles. The standard InChI is InChI=1S/C23H26N2O2S/c1-27-21-7-8-23-22(14-21)19(15-25-23)16-28(26)12-10-20-13-18(9-11-24-20)17-5-3-2-4-6-17/h2-9,14-15,20,24-25H,10-13,16H2,1H3. The predicted octanol–water partition coefficient (Wildman–Crippen LogP) is 4.26. The molecule has 1 aliphatic rings. The minimum absolute atomic E-state index is 0.382. The van der Waals surface area contributed by atoms with Crippen LogP contribution in [0.5, 0.6) is 5.75 Å². The van der Waals surface area contributed by atoms with E-state index in [9.17, 15) is 4.21 Å². The number of H-pyrrole nitrogens is 1. The minimum Gasteiger partial charge on any atom is -0.497 e. The third-order valence-corrected chi connectivity index (χ3v) is 6.67. The van der Waals surface area contributed by atoms with Crippen LogP contribution >= 0.6 is 0 Å². The molecule has 1 aliphatic heterocycles. The lowest BCUT2D eigenvalue weighted by Crippen LogP contribution is -2.34. The third kappa shape index (κ3) is 4.37. The van der Waals surface area contributed by atoms with Crippen molar-refractivity contribution < 1.29 is 8.95 Å². The van der Waals surface area contributed by atoms with Gasteiger partial charge >= 0.3 is 0 Å². The first-order valence-electron chi connectivity index (χ1n) is 9.70. The maximum Gasteiger partial charge on any atom is 0.119 e. The smallest absolute Gasteiger partial charge is 0.119 e. The van der Waals surface area contributed by atoms with Gasteiger partial charge in [-0.3, -0.25) is 4.21 Å². The van der Waals surface area contributed by atoms with Gasteiger partial charge in [0.25, 0.3) is 0 Å². The van der Waals surface area contributed by atoms with Crippen molar-refractivity contribution in [1.82, 2.24) is 10.3 Å². The molecule has 0 spiro atoms. The molecule has 2 heterocycles. The van der Waals surface area contributed by atoms with Crippen molar-refractivity contribution in [2.45, 2.75) is 24.6 Å². The van der Waals surface area contributed by atoms with Gasteiger partial charge in [0.05, 0.1) is 12.9 Å².